The first-order valence-electron chi connectivity index (χ1n) is 11.4. The van der Waals surface area contributed by atoms with E-state index in [1.165, 1.54) is 26.2 Å². The van der Waals surface area contributed by atoms with Crippen LogP contribution in [0.2, 0.25) is 0 Å². The van der Waals surface area contributed by atoms with E-state index in [-0.39, 0.29) is 18.9 Å². The lowest BCUT2D eigenvalue weighted by Crippen LogP contribution is -2.40. The van der Waals surface area contributed by atoms with Crippen molar-refractivity contribution >= 4 is 23.5 Å². The van der Waals surface area contributed by atoms with Crippen molar-refractivity contribution in [1.82, 2.24) is 4.90 Å². The Morgan fingerprint density at radius 2 is 1.63 bits per heavy atom. The molecule has 1 N–H and O–H groups in total. The number of anilines is 1. The largest absolute Gasteiger partial charge is 0.493 e. The summed E-state index contributed by atoms with van der Waals surface area (Å²) < 4.78 is 21.1. The van der Waals surface area contributed by atoms with Gasteiger partial charge in [-0.2, -0.15) is 0 Å². The Bertz CT molecular complexity index is 998. The number of hydrogen-bond acceptors (Lipinski definition) is 7. The molecule has 0 aliphatic carbocycles. The van der Waals surface area contributed by atoms with E-state index in [9.17, 15) is 14.4 Å². The molecule has 0 aromatic heterocycles. The summed E-state index contributed by atoms with van der Waals surface area (Å²) in [5, 5.41) is 2.81. The molecule has 9 heteroatoms. The van der Waals surface area contributed by atoms with Gasteiger partial charge < -0.3 is 29.2 Å². The lowest BCUT2D eigenvalue weighted by Gasteiger charge is -2.21. The third kappa shape index (κ3) is 8.20. The summed E-state index contributed by atoms with van der Waals surface area (Å²) in [5.41, 5.74) is 2.41. The van der Waals surface area contributed by atoms with Crippen molar-refractivity contribution in [3.05, 3.63) is 47.5 Å². The van der Waals surface area contributed by atoms with Crippen LogP contribution in [0.4, 0.5) is 5.69 Å². The molecule has 0 saturated carbocycles. The van der Waals surface area contributed by atoms with Gasteiger partial charge in [0, 0.05) is 18.7 Å². The molecule has 0 radical (unpaired) electrons. The standard InChI is InChI=1S/C26H34N2O7/c1-6-13-28(16-23(29)27-20-10-8-7-9-18(20)2)24(30)17-35-25(31)12-11-19-14-21(32-3)26(34-5)22(15-19)33-4/h7-10,14-15H,6,11-13,16-17H2,1-5H3,(H,27,29). The third-order valence-corrected chi connectivity index (χ3v) is 5.30. The fraction of sp³-hybridized carbons (Fsp3) is 0.423. The van der Waals surface area contributed by atoms with Gasteiger partial charge in [0.05, 0.1) is 27.9 Å². The highest BCUT2D eigenvalue weighted by molar-refractivity contribution is 5.95. The van der Waals surface area contributed by atoms with Crippen LogP contribution >= 0.6 is 0 Å². The number of para-hydroxylation sites is 1. The van der Waals surface area contributed by atoms with Gasteiger partial charge in [0.1, 0.15) is 0 Å². The van der Waals surface area contributed by atoms with E-state index in [4.69, 9.17) is 18.9 Å². The average Bonchev–Trinajstić information content (AvgIpc) is 2.86. The maximum Gasteiger partial charge on any atom is 0.306 e. The highest BCUT2D eigenvalue weighted by Crippen LogP contribution is 2.38. The zero-order chi connectivity index (χ0) is 25.8. The van der Waals surface area contributed by atoms with Crippen LogP contribution in [-0.4, -0.2) is 63.7 Å². The molecule has 2 aromatic rings. The molecular formula is C26H34N2O7. The van der Waals surface area contributed by atoms with Crippen molar-refractivity contribution in [2.24, 2.45) is 0 Å². The lowest BCUT2D eigenvalue weighted by atomic mass is 10.1. The van der Waals surface area contributed by atoms with Crippen LogP contribution in [0.15, 0.2) is 36.4 Å². The van der Waals surface area contributed by atoms with Gasteiger partial charge in [-0.05, 0) is 49.1 Å². The molecule has 190 valence electrons. The molecule has 0 heterocycles. The minimum Gasteiger partial charge on any atom is -0.493 e. The predicted octanol–water partition coefficient (Wildman–Crippen LogP) is 3.37. The second-order valence-corrected chi connectivity index (χ2v) is 7.87. The first-order valence-corrected chi connectivity index (χ1v) is 11.4. The Morgan fingerprint density at radius 3 is 2.20 bits per heavy atom. The Kier molecular flexibility index (Phi) is 10.9. The topological polar surface area (TPSA) is 103 Å². The van der Waals surface area contributed by atoms with Gasteiger partial charge in [-0.3, -0.25) is 14.4 Å². The molecule has 35 heavy (non-hydrogen) atoms. The number of amides is 2. The Hall–Kier alpha value is -3.75. The summed E-state index contributed by atoms with van der Waals surface area (Å²) >= 11 is 0. The van der Waals surface area contributed by atoms with E-state index in [2.05, 4.69) is 5.32 Å². The highest BCUT2D eigenvalue weighted by atomic mass is 16.5. The molecule has 0 aliphatic rings. The Morgan fingerprint density at radius 1 is 0.971 bits per heavy atom. The number of rotatable bonds is 13. The van der Waals surface area contributed by atoms with Gasteiger partial charge in [0.2, 0.25) is 11.7 Å². The first kappa shape index (κ1) is 27.5. The molecule has 0 unspecified atom stereocenters. The second kappa shape index (κ2) is 13.8. The minimum atomic E-state index is -0.520. The molecular weight excluding hydrogens is 452 g/mol. The van der Waals surface area contributed by atoms with Crippen LogP contribution in [-0.2, 0) is 25.5 Å². The number of nitrogens with zero attached hydrogens (tertiary/aromatic N) is 1. The number of ether oxygens (including phenoxy) is 4. The van der Waals surface area contributed by atoms with Crippen LogP contribution in [0.1, 0.15) is 30.9 Å². The van der Waals surface area contributed by atoms with Gasteiger partial charge in [-0.1, -0.05) is 25.1 Å². The van der Waals surface area contributed by atoms with E-state index >= 15 is 0 Å². The summed E-state index contributed by atoms with van der Waals surface area (Å²) in [6.07, 6.45) is 1.09. The van der Waals surface area contributed by atoms with Crippen LogP contribution in [0, 0.1) is 6.92 Å². The molecule has 0 aliphatic heterocycles. The maximum atomic E-state index is 12.6. The maximum absolute atomic E-state index is 12.6. The third-order valence-electron chi connectivity index (χ3n) is 5.30. The van der Waals surface area contributed by atoms with Crippen molar-refractivity contribution in [2.75, 3.05) is 46.3 Å². The summed E-state index contributed by atoms with van der Waals surface area (Å²) in [4.78, 5) is 38.7. The average molecular weight is 487 g/mol. The summed E-state index contributed by atoms with van der Waals surface area (Å²) in [6.45, 7) is 3.63. The van der Waals surface area contributed by atoms with Crippen molar-refractivity contribution < 1.29 is 33.3 Å². The van der Waals surface area contributed by atoms with Crippen molar-refractivity contribution in [2.45, 2.75) is 33.1 Å². The predicted molar refractivity (Wildman–Crippen MR) is 132 cm³/mol. The number of methoxy groups -OCH3 is 3. The molecule has 0 spiro atoms. The monoisotopic (exact) mass is 486 g/mol. The number of hydrogen-bond donors (Lipinski definition) is 1. The smallest absolute Gasteiger partial charge is 0.306 e. The normalized spacial score (nSPS) is 10.3. The van der Waals surface area contributed by atoms with Gasteiger partial charge in [0.25, 0.3) is 5.91 Å². The molecule has 9 nitrogen and oxygen atoms in total. The molecule has 2 amide bonds. The zero-order valence-corrected chi connectivity index (χ0v) is 21.0. The van der Waals surface area contributed by atoms with Gasteiger partial charge in [0.15, 0.2) is 18.1 Å². The summed E-state index contributed by atoms with van der Waals surface area (Å²) in [5.74, 6) is 0.194. The highest BCUT2D eigenvalue weighted by Gasteiger charge is 2.19. The quantitative estimate of drug-likeness (QED) is 0.433. The SMILES string of the molecule is CCCN(CC(=O)Nc1ccccc1C)C(=O)COC(=O)CCc1cc(OC)c(OC)c(OC)c1. The number of esters is 1. The fourth-order valence-corrected chi connectivity index (χ4v) is 3.47. The molecule has 2 aromatic carbocycles. The van der Waals surface area contributed by atoms with E-state index in [0.29, 0.717) is 42.3 Å². The first-order chi connectivity index (χ1) is 16.8. The molecule has 0 atom stereocenters. The van der Waals surface area contributed by atoms with Crippen molar-refractivity contribution in [3.63, 3.8) is 0 Å². The number of nitrogens with one attached hydrogen (secondary N) is 1. The van der Waals surface area contributed by atoms with Gasteiger partial charge in [-0.15, -0.1) is 0 Å². The summed E-state index contributed by atoms with van der Waals surface area (Å²) in [6, 6.07) is 10.9. The molecule has 0 fully saturated rings. The number of benzene rings is 2. The summed E-state index contributed by atoms with van der Waals surface area (Å²) in [7, 11) is 4.55. The second-order valence-electron chi connectivity index (χ2n) is 7.87. The zero-order valence-electron chi connectivity index (χ0n) is 21.0. The molecule has 0 saturated heterocycles. The van der Waals surface area contributed by atoms with Gasteiger partial charge in [-0.25, -0.2) is 0 Å². The van der Waals surface area contributed by atoms with E-state index < -0.39 is 18.5 Å². The minimum absolute atomic E-state index is 0.0630. The van der Waals surface area contributed by atoms with Crippen LogP contribution in [0.25, 0.3) is 0 Å². The Balaban J connectivity index is 1.89. The van der Waals surface area contributed by atoms with Crippen molar-refractivity contribution in [3.8, 4) is 17.2 Å². The van der Waals surface area contributed by atoms with E-state index in [0.717, 1.165) is 11.1 Å². The van der Waals surface area contributed by atoms with E-state index in [1.807, 2.05) is 32.0 Å². The molecule has 0 bridgehead atoms. The lowest BCUT2D eigenvalue weighted by molar-refractivity contribution is -0.152. The van der Waals surface area contributed by atoms with E-state index in [1.54, 1.807) is 18.2 Å². The Labute approximate surface area is 206 Å². The van der Waals surface area contributed by atoms with Crippen LogP contribution in [0.3, 0.4) is 0 Å². The number of aryl methyl sites for hydroxylation is 2. The van der Waals surface area contributed by atoms with Crippen molar-refractivity contribution in [1.29, 1.82) is 0 Å². The molecule has 2 rings (SSSR count). The fourth-order valence-electron chi connectivity index (χ4n) is 3.47. The number of carbonyl (C=O) groups is 3. The van der Waals surface area contributed by atoms with Crippen LogP contribution in [0.5, 0.6) is 17.2 Å². The van der Waals surface area contributed by atoms with Crippen LogP contribution < -0.4 is 19.5 Å². The van der Waals surface area contributed by atoms with Gasteiger partial charge >= 0.3 is 5.97 Å². The number of carbonyl (C=O) groups excluding carboxylic acids is 3.